The number of hydrogen-bond donors (Lipinski definition) is 0. The van der Waals surface area contributed by atoms with E-state index in [1.807, 2.05) is 32.9 Å². The van der Waals surface area contributed by atoms with Gasteiger partial charge in [0, 0.05) is 20.4 Å². The van der Waals surface area contributed by atoms with E-state index in [1.54, 1.807) is 18.3 Å². The first kappa shape index (κ1) is 27.3. The molecule has 2 aromatic carbocycles. The van der Waals surface area contributed by atoms with Crippen LogP contribution in [-0.4, -0.2) is 42.2 Å². The van der Waals surface area contributed by atoms with Crippen LogP contribution in [0.3, 0.4) is 0 Å². The van der Waals surface area contributed by atoms with Gasteiger partial charge in [-0.3, -0.25) is 4.79 Å². The van der Waals surface area contributed by atoms with Crippen molar-refractivity contribution in [2.24, 2.45) is 5.10 Å². The Kier molecular flexibility index (Phi) is 9.48. The highest BCUT2D eigenvalue weighted by Crippen LogP contribution is 2.42. The Hall–Kier alpha value is -2.24. The van der Waals surface area contributed by atoms with Gasteiger partial charge in [-0.05, 0) is 69.5 Å². The molecule has 1 heterocycles. The molecule has 0 aliphatic heterocycles. The third-order valence-electron chi connectivity index (χ3n) is 5.22. The molecule has 0 unspecified atom stereocenters. The molecule has 0 N–H and O–H groups in total. The molecular weight excluding hydrogens is 650 g/mol. The molecule has 3 aromatic rings. The minimum atomic E-state index is -0.520. The molecule has 0 radical (unpaired) electrons. The minimum Gasteiger partial charge on any atom is -0.490 e. The first-order valence-corrected chi connectivity index (χ1v) is 13.2. The van der Waals surface area contributed by atoms with E-state index >= 15 is 0 Å². The molecule has 0 bridgehead atoms. The number of carbonyl (C=O) groups is 1. The number of hydrogen-bond acceptors (Lipinski definition) is 7. The van der Waals surface area contributed by atoms with Gasteiger partial charge in [-0.25, -0.2) is 9.78 Å². The Balaban J connectivity index is 2.13. The topological polar surface area (TPSA) is 92.0 Å². The molecular formula is C24H24Br3N3O5. The highest BCUT2D eigenvalue weighted by atomic mass is 79.9. The van der Waals surface area contributed by atoms with E-state index in [2.05, 4.69) is 57.6 Å². The third kappa shape index (κ3) is 6.13. The van der Waals surface area contributed by atoms with Gasteiger partial charge in [0.15, 0.2) is 18.1 Å². The van der Waals surface area contributed by atoms with Gasteiger partial charge in [-0.15, -0.1) is 0 Å². The van der Waals surface area contributed by atoms with E-state index in [0.717, 1.165) is 10.9 Å². The molecule has 3 rings (SSSR count). The summed E-state index contributed by atoms with van der Waals surface area (Å²) in [5.41, 5.74) is 0.984. The summed E-state index contributed by atoms with van der Waals surface area (Å²) in [6.45, 7) is 5.98. The number of ether oxygens (including phenoxy) is 3. The van der Waals surface area contributed by atoms with Gasteiger partial charge in [-0.1, -0.05) is 29.8 Å². The van der Waals surface area contributed by atoms with Crippen LogP contribution in [-0.2, 0) is 9.53 Å². The van der Waals surface area contributed by atoms with Crippen molar-refractivity contribution in [3.05, 3.63) is 59.4 Å². The first-order valence-electron chi connectivity index (χ1n) is 10.8. The van der Waals surface area contributed by atoms with Gasteiger partial charge in [0.25, 0.3) is 5.56 Å². The van der Waals surface area contributed by atoms with Crippen molar-refractivity contribution < 1.29 is 19.0 Å². The van der Waals surface area contributed by atoms with Gasteiger partial charge in [0.2, 0.25) is 0 Å². The van der Waals surface area contributed by atoms with E-state index in [1.165, 1.54) is 11.8 Å². The molecule has 35 heavy (non-hydrogen) atoms. The SMILES string of the molecule is CCOc1cc(C=Nn2c([C@@H](C)CC)nc3ccc(Br)cc3c2=O)c(Br)c(Br)c1OCC(=O)OC. The number of esters is 1. The number of benzene rings is 2. The maximum absolute atomic E-state index is 13.4. The van der Waals surface area contributed by atoms with Crippen LogP contribution in [0.1, 0.15) is 44.5 Å². The predicted molar refractivity (Wildman–Crippen MR) is 146 cm³/mol. The van der Waals surface area contributed by atoms with Crippen LogP contribution < -0.4 is 15.0 Å². The summed E-state index contributed by atoms with van der Waals surface area (Å²) in [4.78, 5) is 29.7. The third-order valence-corrected chi connectivity index (χ3v) is 7.85. The average Bonchev–Trinajstić information content (AvgIpc) is 2.85. The van der Waals surface area contributed by atoms with E-state index in [-0.39, 0.29) is 18.1 Å². The van der Waals surface area contributed by atoms with Gasteiger partial charge in [0.1, 0.15) is 5.82 Å². The summed E-state index contributed by atoms with van der Waals surface area (Å²) in [7, 11) is 1.29. The van der Waals surface area contributed by atoms with Crippen LogP contribution in [0.25, 0.3) is 10.9 Å². The van der Waals surface area contributed by atoms with Crippen molar-refractivity contribution in [2.45, 2.75) is 33.1 Å². The summed E-state index contributed by atoms with van der Waals surface area (Å²) in [5.74, 6) is 0.811. The van der Waals surface area contributed by atoms with E-state index < -0.39 is 5.97 Å². The Morgan fingerprint density at radius 1 is 1.17 bits per heavy atom. The molecule has 11 heteroatoms. The predicted octanol–water partition coefficient (Wildman–Crippen LogP) is 6.03. The molecule has 0 amide bonds. The molecule has 1 aromatic heterocycles. The van der Waals surface area contributed by atoms with Gasteiger partial charge >= 0.3 is 5.97 Å². The second kappa shape index (κ2) is 12.1. The fourth-order valence-corrected chi connectivity index (χ4v) is 4.48. The fraction of sp³-hybridized carbons (Fsp3) is 0.333. The van der Waals surface area contributed by atoms with Crippen molar-refractivity contribution in [1.82, 2.24) is 9.66 Å². The van der Waals surface area contributed by atoms with Crippen LogP contribution in [0.2, 0.25) is 0 Å². The molecule has 0 spiro atoms. The standard InChI is InChI=1S/C24H24Br3N3O5/c1-5-13(3)23-29-17-8-7-15(25)10-16(17)24(32)30(23)28-11-14-9-18(34-6-2)22(21(27)20(14)26)35-12-19(31)33-4/h7-11,13H,5-6,12H2,1-4H3/t13-/m0/s1. The van der Waals surface area contributed by atoms with Crippen LogP contribution >= 0.6 is 47.8 Å². The largest absolute Gasteiger partial charge is 0.490 e. The van der Waals surface area contributed by atoms with Crippen molar-refractivity contribution in [1.29, 1.82) is 0 Å². The number of carbonyl (C=O) groups excluding carboxylic acids is 1. The van der Waals surface area contributed by atoms with Crippen molar-refractivity contribution >= 4 is 70.9 Å². The molecule has 186 valence electrons. The molecule has 0 saturated carbocycles. The number of methoxy groups -OCH3 is 1. The van der Waals surface area contributed by atoms with Crippen molar-refractivity contribution in [2.75, 3.05) is 20.3 Å². The Bertz CT molecular complexity index is 1340. The highest BCUT2D eigenvalue weighted by Gasteiger charge is 2.19. The van der Waals surface area contributed by atoms with Crippen LogP contribution in [0.5, 0.6) is 11.5 Å². The smallest absolute Gasteiger partial charge is 0.343 e. The zero-order valence-electron chi connectivity index (χ0n) is 19.6. The first-order chi connectivity index (χ1) is 16.7. The summed E-state index contributed by atoms with van der Waals surface area (Å²) >= 11 is 10.5. The second-order valence-corrected chi connectivity index (χ2v) is 10.0. The van der Waals surface area contributed by atoms with Crippen molar-refractivity contribution in [3.8, 4) is 11.5 Å². The summed E-state index contributed by atoms with van der Waals surface area (Å²) in [6.07, 6.45) is 2.35. The average molecular weight is 674 g/mol. The fourth-order valence-electron chi connectivity index (χ4n) is 3.18. The Labute approximate surface area is 228 Å². The lowest BCUT2D eigenvalue weighted by atomic mass is 10.1. The summed E-state index contributed by atoms with van der Waals surface area (Å²) in [5, 5.41) is 4.99. The molecule has 1 atom stereocenters. The molecule has 0 saturated heterocycles. The van der Waals surface area contributed by atoms with Gasteiger partial charge in [-0.2, -0.15) is 9.78 Å². The molecule has 8 nitrogen and oxygen atoms in total. The van der Waals surface area contributed by atoms with Gasteiger partial charge in [0.05, 0.1) is 35.3 Å². The lowest BCUT2D eigenvalue weighted by Gasteiger charge is -2.16. The summed E-state index contributed by atoms with van der Waals surface area (Å²) < 4.78 is 19.3. The normalized spacial score (nSPS) is 12.2. The maximum atomic E-state index is 13.4. The molecule has 0 fully saturated rings. The maximum Gasteiger partial charge on any atom is 0.343 e. The van der Waals surface area contributed by atoms with Crippen LogP contribution in [0, 0.1) is 0 Å². The van der Waals surface area contributed by atoms with E-state index in [9.17, 15) is 9.59 Å². The Morgan fingerprint density at radius 2 is 1.91 bits per heavy atom. The number of aromatic nitrogens is 2. The molecule has 0 aliphatic carbocycles. The Morgan fingerprint density at radius 3 is 2.57 bits per heavy atom. The van der Waals surface area contributed by atoms with Crippen LogP contribution in [0.15, 0.2) is 47.6 Å². The van der Waals surface area contributed by atoms with Crippen LogP contribution in [0.4, 0.5) is 0 Å². The van der Waals surface area contributed by atoms with E-state index in [0.29, 0.717) is 49.3 Å². The monoisotopic (exact) mass is 671 g/mol. The lowest BCUT2D eigenvalue weighted by Crippen LogP contribution is -2.23. The summed E-state index contributed by atoms with van der Waals surface area (Å²) in [6, 6.07) is 7.13. The number of halogens is 3. The second-order valence-electron chi connectivity index (χ2n) is 7.52. The minimum absolute atomic E-state index is 0.0103. The highest BCUT2D eigenvalue weighted by molar-refractivity contribution is 9.13. The number of rotatable bonds is 9. The van der Waals surface area contributed by atoms with Gasteiger partial charge < -0.3 is 14.2 Å². The number of nitrogens with zero attached hydrogens (tertiary/aromatic N) is 3. The van der Waals surface area contributed by atoms with E-state index in [4.69, 9.17) is 14.5 Å². The lowest BCUT2D eigenvalue weighted by molar-refractivity contribution is -0.142. The van der Waals surface area contributed by atoms with Crippen molar-refractivity contribution in [3.63, 3.8) is 0 Å². The molecule has 0 aliphatic rings. The quantitative estimate of drug-likeness (QED) is 0.204. The zero-order chi connectivity index (χ0) is 25.7. The zero-order valence-corrected chi connectivity index (χ0v) is 24.4. The number of fused-ring (bicyclic) bond motifs is 1.